The average molecular weight is 473 g/mol. The maximum Gasteiger partial charge on any atom is 0.161 e. The minimum absolute atomic E-state index is 0.649. The SMILES string of the molecule is CCc1c(-c2ccc(OC)c(OC)c2)nn(Cc2ccccc2C)c1-c1ccc(OC)c(OC)c1. The van der Waals surface area contributed by atoms with Crippen LogP contribution in [0.5, 0.6) is 23.0 Å². The van der Waals surface area contributed by atoms with Gasteiger partial charge in [0.2, 0.25) is 0 Å². The Balaban J connectivity index is 1.95. The highest BCUT2D eigenvalue weighted by atomic mass is 16.5. The number of benzene rings is 3. The Hall–Kier alpha value is -3.93. The smallest absolute Gasteiger partial charge is 0.161 e. The van der Waals surface area contributed by atoms with Crippen molar-refractivity contribution in [1.29, 1.82) is 0 Å². The van der Waals surface area contributed by atoms with E-state index in [2.05, 4.69) is 48.9 Å². The molecular formula is C29H32N2O4. The molecule has 1 aromatic heterocycles. The molecule has 4 aromatic rings. The topological polar surface area (TPSA) is 54.7 Å². The normalized spacial score (nSPS) is 10.8. The minimum atomic E-state index is 0.649. The van der Waals surface area contributed by atoms with Crippen LogP contribution in [-0.4, -0.2) is 38.2 Å². The molecule has 0 aliphatic carbocycles. The third-order valence-corrected chi connectivity index (χ3v) is 6.30. The molecule has 4 rings (SSSR count). The monoisotopic (exact) mass is 472 g/mol. The van der Waals surface area contributed by atoms with Gasteiger partial charge in [0, 0.05) is 16.7 Å². The van der Waals surface area contributed by atoms with E-state index in [0.29, 0.717) is 29.5 Å². The summed E-state index contributed by atoms with van der Waals surface area (Å²) in [4.78, 5) is 0. The fourth-order valence-electron chi connectivity index (χ4n) is 4.42. The summed E-state index contributed by atoms with van der Waals surface area (Å²) in [5.74, 6) is 2.74. The van der Waals surface area contributed by atoms with Gasteiger partial charge in [0.15, 0.2) is 23.0 Å². The van der Waals surface area contributed by atoms with Gasteiger partial charge in [-0.25, -0.2) is 0 Å². The molecule has 0 saturated carbocycles. The molecule has 182 valence electrons. The molecule has 0 bridgehead atoms. The van der Waals surface area contributed by atoms with Gasteiger partial charge >= 0.3 is 0 Å². The summed E-state index contributed by atoms with van der Waals surface area (Å²) in [6.07, 6.45) is 0.807. The van der Waals surface area contributed by atoms with Gasteiger partial charge in [0.05, 0.1) is 46.4 Å². The van der Waals surface area contributed by atoms with Crippen molar-refractivity contribution in [2.75, 3.05) is 28.4 Å². The van der Waals surface area contributed by atoms with Crippen molar-refractivity contribution in [1.82, 2.24) is 9.78 Å². The number of nitrogens with zero attached hydrogens (tertiary/aromatic N) is 2. The van der Waals surface area contributed by atoms with Gasteiger partial charge in [-0.05, 0) is 60.9 Å². The van der Waals surface area contributed by atoms with Crippen LogP contribution in [0.15, 0.2) is 60.7 Å². The number of hydrogen-bond donors (Lipinski definition) is 0. The van der Waals surface area contributed by atoms with E-state index in [-0.39, 0.29) is 0 Å². The lowest BCUT2D eigenvalue weighted by Gasteiger charge is -2.14. The molecule has 0 radical (unpaired) electrons. The van der Waals surface area contributed by atoms with Crippen LogP contribution in [-0.2, 0) is 13.0 Å². The van der Waals surface area contributed by atoms with E-state index in [1.165, 1.54) is 11.1 Å². The highest BCUT2D eigenvalue weighted by molar-refractivity contribution is 5.77. The lowest BCUT2D eigenvalue weighted by molar-refractivity contribution is 0.355. The Morgan fingerprint density at radius 2 is 1.29 bits per heavy atom. The summed E-state index contributed by atoms with van der Waals surface area (Å²) in [7, 11) is 6.59. The van der Waals surface area contributed by atoms with E-state index >= 15 is 0 Å². The van der Waals surface area contributed by atoms with Crippen molar-refractivity contribution in [3.8, 4) is 45.5 Å². The van der Waals surface area contributed by atoms with Crippen LogP contribution in [0.25, 0.3) is 22.5 Å². The molecule has 0 saturated heterocycles. The molecule has 6 nitrogen and oxygen atoms in total. The first-order valence-corrected chi connectivity index (χ1v) is 11.6. The molecule has 0 aliphatic rings. The van der Waals surface area contributed by atoms with Gasteiger partial charge in [-0.3, -0.25) is 4.68 Å². The molecule has 0 unspecified atom stereocenters. The first kappa shape index (κ1) is 24.2. The van der Waals surface area contributed by atoms with Crippen molar-refractivity contribution in [2.24, 2.45) is 0 Å². The molecule has 35 heavy (non-hydrogen) atoms. The average Bonchev–Trinajstić information content (AvgIpc) is 3.27. The summed E-state index contributed by atoms with van der Waals surface area (Å²) < 4.78 is 24.2. The van der Waals surface area contributed by atoms with Crippen LogP contribution in [0.4, 0.5) is 0 Å². The number of aryl methyl sites for hydroxylation is 1. The second kappa shape index (κ2) is 10.6. The zero-order valence-electron chi connectivity index (χ0n) is 21.2. The Morgan fingerprint density at radius 3 is 1.86 bits per heavy atom. The van der Waals surface area contributed by atoms with Crippen molar-refractivity contribution >= 4 is 0 Å². The maximum atomic E-state index is 5.61. The van der Waals surface area contributed by atoms with Gasteiger partial charge < -0.3 is 18.9 Å². The van der Waals surface area contributed by atoms with Crippen LogP contribution in [0, 0.1) is 6.92 Å². The first-order valence-electron chi connectivity index (χ1n) is 11.6. The van der Waals surface area contributed by atoms with Gasteiger partial charge in [-0.2, -0.15) is 5.10 Å². The van der Waals surface area contributed by atoms with Gasteiger partial charge in [0.1, 0.15) is 0 Å². The van der Waals surface area contributed by atoms with Crippen molar-refractivity contribution in [3.63, 3.8) is 0 Å². The standard InChI is InChI=1S/C29H32N2O4/c1-7-23-28(20-12-14-24(32-3)26(16-20)34-5)30-31(18-22-11-9-8-10-19(22)2)29(23)21-13-15-25(33-4)27(17-21)35-6/h8-17H,7,18H2,1-6H3. The predicted molar refractivity (Wildman–Crippen MR) is 139 cm³/mol. The van der Waals surface area contributed by atoms with E-state index in [0.717, 1.165) is 34.5 Å². The van der Waals surface area contributed by atoms with E-state index in [1.807, 2.05) is 30.3 Å². The first-order chi connectivity index (χ1) is 17.0. The quantitative estimate of drug-likeness (QED) is 0.292. The van der Waals surface area contributed by atoms with Crippen LogP contribution >= 0.6 is 0 Å². The Labute approximate surface area is 207 Å². The summed E-state index contributed by atoms with van der Waals surface area (Å²) in [6, 6.07) is 20.4. The number of rotatable bonds is 9. The third-order valence-electron chi connectivity index (χ3n) is 6.30. The lowest BCUT2D eigenvalue weighted by atomic mass is 9.99. The number of aromatic nitrogens is 2. The number of methoxy groups -OCH3 is 4. The highest BCUT2D eigenvalue weighted by Gasteiger charge is 2.22. The Bertz CT molecular complexity index is 1330. The van der Waals surface area contributed by atoms with Crippen LogP contribution < -0.4 is 18.9 Å². The van der Waals surface area contributed by atoms with Crippen LogP contribution in [0.3, 0.4) is 0 Å². The zero-order valence-corrected chi connectivity index (χ0v) is 21.2. The van der Waals surface area contributed by atoms with Gasteiger partial charge in [-0.1, -0.05) is 31.2 Å². The molecular weight excluding hydrogens is 440 g/mol. The fourth-order valence-corrected chi connectivity index (χ4v) is 4.42. The van der Waals surface area contributed by atoms with Crippen LogP contribution in [0.2, 0.25) is 0 Å². The van der Waals surface area contributed by atoms with E-state index < -0.39 is 0 Å². The van der Waals surface area contributed by atoms with Gasteiger partial charge in [0.25, 0.3) is 0 Å². The molecule has 0 fully saturated rings. The second-order valence-corrected chi connectivity index (χ2v) is 8.25. The van der Waals surface area contributed by atoms with E-state index in [9.17, 15) is 0 Å². The van der Waals surface area contributed by atoms with E-state index in [1.54, 1.807) is 28.4 Å². The largest absolute Gasteiger partial charge is 0.493 e. The highest BCUT2D eigenvalue weighted by Crippen LogP contribution is 2.39. The van der Waals surface area contributed by atoms with Gasteiger partial charge in [-0.15, -0.1) is 0 Å². The molecule has 0 spiro atoms. The fraction of sp³-hybridized carbons (Fsp3) is 0.276. The lowest BCUT2D eigenvalue weighted by Crippen LogP contribution is -2.06. The molecule has 1 heterocycles. The summed E-state index contributed by atoms with van der Waals surface area (Å²) in [5.41, 5.74) is 7.58. The van der Waals surface area contributed by atoms with E-state index in [4.69, 9.17) is 24.0 Å². The van der Waals surface area contributed by atoms with Crippen molar-refractivity contribution in [3.05, 3.63) is 77.4 Å². The molecule has 0 aliphatic heterocycles. The maximum absolute atomic E-state index is 5.61. The molecule has 0 N–H and O–H groups in total. The summed E-state index contributed by atoms with van der Waals surface area (Å²) in [5, 5.41) is 5.14. The minimum Gasteiger partial charge on any atom is -0.493 e. The molecule has 3 aromatic carbocycles. The Kier molecular flexibility index (Phi) is 7.30. The third kappa shape index (κ3) is 4.69. The predicted octanol–water partition coefficient (Wildman–Crippen LogP) is 6.17. The molecule has 0 amide bonds. The zero-order chi connectivity index (χ0) is 24.9. The summed E-state index contributed by atoms with van der Waals surface area (Å²) >= 11 is 0. The number of ether oxygens (including phenoxy) is 4. The summed E-state index contributed by atoms with van der Waals surface area (Å²) in [6.45, 7) is 4.94. The van der Waals surface area contributed by atoms with Crippen molar-refractivity contribution in [2.45, 2.75) is 26.8 Å². The number of hydrogen-bond acceptors (Lipinski definition) is 5. The van der Waals surface area contributed by atoms with Crippen molar-refractivity contribution < 1.29 is 18.9 Å². The second-order valence-electron chi connectivity index (χ2n) is 8.25. The Morgan fingerprint density at radius 1 is 0.714 bits per heavy atom. The molecule has 0 atom stereocenters. The molecule has 6 heteroatoms. The van der Waals surface area contributed by atoms with Crippen LogP contribution in [0.1, 0.15) is 23.6 Å².